The molecular formula is C31H29F6NO5S. The highest BCUT2D eigenvalue weighted by molar-refractivity contribution is 7.89. The van der Waals surface area contributed by atoms with Crippen LogP contribution >= 0.6 is 0 Å². The zero-order valence-corrected chi connectivity index (χ0v) is 24.1. The minimum Gasteiger partial charge on any atom is -0.487 e. The number of rotatable bonds is 6. The number of piperidine rings is 1. The van der Waals surface area contributed by atoms with Crippen molar-refractivity contribution in [3.63, 3.8) is 0 Å². The van der Waals surface area contributed by atoms with Crippen molar-refractivity contribution in [3.05, 3.63) is 89.5 Å². The lowest BCUT2D eigenvalue weighted by Gasteiger charge is -2.44. The van der Waals surface area contributed by atoms with Crippen LogP contribution in [0.5, 0.6) is 5.75 Å². The fourth-order valence-corrected chi connectivity index (χ4v) is 7.07. The van der Waals surface area contributed by atoms with Gasteiger partial charge in [-0.05, 0) is 52.8 Å². The van der Waals surface area contributed by atoms with Crippen molar-refractivity contribution in [2.24, 2.45) is 0 Å². The van der Waals surface area contributed by atoms with Gasteiger partial charge >= 0.3 is 18.4 Å². The molecule has 0 aromatic heterocycles. The van der Waals surface area contributed by atoms with E-state index < -0.39 is 40.0 Å². The molecule has 1 amide bonds. The Bertz CT molecular complexity index is 1570. The molecule has 1 spiro atoms. The summed E-state index contributed by atoms with van der Waals surface area (Å²) in [6.07, 6.45) is -15.8. The van der Waals surface area contributed by atoms with Gasteiger partial charge in [0.1, 0.15) is 11.4 Å². The molecule has 0 unspecified atom stereocenters. The van der Waals surface area contributed by atoms with Crippen molar-refractivity contribution in [1.82, 2.24) is 4.90 Å². The Kier molecular flexibility index (Phi) is 8.63. The van der Waals surface area contributed by atoms with Crippen molar-refractivity contribution in [2.45, 2.75) is 61.2 Å². The second kappa shape index (κ2) is 12.0. The second-order valence-corrected chi connectivity index (χ2v) is 13.2. The molecule has 13 heteroatoms. The molecule has 6 nitrogen and oxygen atoms in total. The first-order chi connectivity index (χ1) is 20.6. The maximum atomic E-state index is 12.8. The Morgan fingerprint density at radius 2 is 1.39 bits per heavy atom. The smallest absolute Gasteiger partial charge is 0.434 e. The topological polar surface area (TPSA) is 72.9 Å². The molecule has 3 aromatic carbocycles. The lowest BCUT2D eigenvalue weighted by molar-refractivity contribution is -0.308. The number of nitrogens with zero attached hydrogens (tertiary/aromatic N) is 1. The third kappa shape index (κ3) is 7.48. The van der Waals surface area contributed by atoms with Gasteiger partial charge in [0.2, 0.25) is 0 Å². The number of sulfone groups is 1. The van der Waals surface area contributed by atoms with Gasteiger partial charge in [-0.2, -0.15) is 26.3 Å². The summed E-state index contributed by atoms with van der Waals surface area (Å²) in [7, 11) is -3.35. The summed E-state index contributed by atoms with van der Waals surface area (Å²) in [5.74, 6) is 0.498. The predicted octanol–water partition coefficient (Wildman–Crippen LogP) is 7.26. The van der Waals surface area contributed by atoms with E-state index in [1.54, 1.807) is 36.4 Å². The van der Waals surface area contributed by atoms with Crippen LogP contribution in [-0.2, 0) is 32.5 Å². The molecular weight excluding hydrogens is 612 g/mol. The van der Waals surface area contributed by atoms with Gasteiger partial charge in [0.15, 0.2) is 9.84 Å². The van der Waals surface area contributed by atoms with Gasteiger partial charge in [-0.15, -0.1) is 0 Å². The van der Waals surface area contributed by atoms with Gasteiger partial charge in [-0.25, -0.2) is 13.2 Å². The van der Waals surface area contributed by atoms with Gasteiger partial charge in [0.25, 0.3) is 6.10 Å². The monoisotopic (exact) mass is 641 g/mol. The second-order valence-electron chi connectivity index (χ2n) is 11.2. The van der Waals surface area contributed by atoms with Gasteiger partial charge in [-0.1, -0.05) is 60.7 Å². The van der Waals surface area contributed by atoms with Crippen LogP contribution in [0.15, 0.2) is 72.8 Å². The number of likely N-dealkylation sites (tertiary alicyclic amines) is 1. The lowest BCUT2D eigenvalue weighted by atomic mass is 9.82. The van der Waals surface area contributed by atoms with E-state index in [4.69, 9.17) is 4.74 Å². The van der Waals surface area contributed by atoms with Gasteiger partial charge in [0.05, 0.1) is 11.5 Å². The molecule has 5 rings (SSSR count). The number of ether oxygens (including phenoxy) is 2. The van der Waals surface area contributed by atoms with Crippen molar-refractivity contribution in [3.8, 4) is 16.9 Å². The van der Waals surface area contributed by atoms with E-state index >= 15 is 0 Å². The number of hydrogen-bond acceptors (Lipinski definition) is 5. The first-order valence-electron chi connectivity index (χ1n) is 13.9. The molecule has 1 saturated heterocycles. The van der Waals surface area contributed by atoms with Crippen molar-refractivity contribution in [2.75, 3.05) is 13.1 Å². The third-order valence-electron chi connectivity index (χ3n) is 7.89. The molecule has 2 aliphatic rings. The molecule has 0 N–H and O–H groups in total. The minimum atomic E-state index is -5.77. The molecule has 1 fully saturated rings. The van der Waals surface area contributed by atoms with Crippen molar-refractivity contribution in [1.29, 1.82) is 0 Å². The summed E-state index contributed by atoms with van der Waals surface area (Å²) in [5.41, 5.74) is 3.43. The number of carbonyl (C=O) groups excluding carboxylic acids is 1. The van der Waals surface area contributed by atoms with Gasteiger partial charge in [-0.3, -0.25) is 0 Å². The summed E-state index contributed by atoms with van der Waals surface area (Å²) < 4.78 is 112. The normalized spacial score (nSPS) is 16.8. The molecule has 2 aliphatic heterocycles. The fraction of sp³-hybridized carbons (Fsp3) is 0.387. The average molecular weight is 642 g/mol. The quantitative estimate of drug-likeness (QED) is 0.265. The molecule has 0 bridgehead atoms. The Balaban J connectivity index is 1.19. The number of fused-ring (bicyclic) bond motifs is 1. The van der Waals surface area contributed by atoms with Crippen LogP contribution in [-0.4, -0.2) is 56.6 Å². The SMILES string of the molecule is O=C(OC(C(F)(F)F)C(F)(F)F)N1CCC2(CCc3cc(-c4ccc(CS(=O)(=O)Cc5ccccc5)cc4)ccc3O2)CC1. The summed E-state index contributed by atoms with van der Waals surface area (Å²) in [4.78, 5) is 13.0. The third-order valence-corrected chi connectivity index (χ3v) is 9.43. The number of hydrogen-bond donors (Lipinski definition) is 0. The molecule has 44 heavy (non-hydrogen) atoms. The Morgan fingerprint density at radius 3 is 1.98 bits per heavy atom. The summed E-state index contributed by atoms with van der Waals surface area (Å²) in [6, 6.07) is 21.9. The number of halogens is 6. The summed E-state index contributed by atoms with van der Waals surface area (Å²) in [6.45, 7) is -0.218. The number of alkyl halides is 6. The van der Waals surface area contributed by atoms with Crippen LogP contribution < -0.4 is 4.74 Å². The molecule has 2 heterocycles. The van der Waals surface area contributed by atoms with Crippen LogP contribution in [0.4, 0.5) is 31.1 Å². The average Bonchev–Trinajstić information content (AvgIpc) is 2.95. The predicted molar refractivity (Wildman–Crippen MR) is 150 cm³/mol. The van der Waals surface area contributed by atoms with Crippen LogP contribution in [0.25, 0.3) is 11.1 Å². The number of amides is 1. The zero-order chi connectivity index (χ0) is 31.8. The Morgan fingerprint density at radius 1 is 0.818 bits per heavy atom. The molecule has 236 valence electrons. The summed E-state index contributed by atoms with van der Waals surface area (Å²) >= 11 is 0. The highest BCUT2D eigenvalue weighted by atomic mass is 32.2. The fourth-order valence-electron chi connectivity index (χ4n) is 5.57. The van der Waals surface area contributed by atoms with E-state index in [1.807, 2.05) is 36.4 Å². The van der Waals surface area contributed by atoms with Crippen LogP contribution in [0.3, 0.4) is 0 Å². The highest BCUT2D eigenvalue weighted by Gasteiger charge is 2.60. The largest absolute Gasteiger partial charge is 0.487 e. The van der Waals surface area contributed by atoms with E-state index in [0.29, 0.717) is 24.2 Å². The lowest BCUT2D eigenvalue weighted by Crippen LogP contribution is -2.53. The van der Waals surface area contributed by atoms with Gasteiger partial charge in [0, 0.05) is 25.9 Å². The maximum Gasteiger partial charge on any atom is 0.434 e. The van der Waals surface area contributed by atoms with Crippen molar-refractivity contribution >= 4 is 15.9 Å². The first kappa shape index (κ1) is 31.7. The Labute approximate surface area is 250 Å². The number of benzene rings is 3. The van der Waals surface area contributed by atoms with E-state index in [2.05, 4.69) is 4.74 Å². The van der Waals surface area contributed by atoms with E-state index in [0.717, 1.165) is 27.2 Å². The zero-order valence-electron chi connectivity index (χ0n) is 23.3. The summed E-state index contributed by atoms with van der Waals surface area (Å²) in [5, 5.41) is 0. The highest BCUT2D eigenvalue weighted by Crippen LogP contribution is 2.42. The number of carbonyl (C=O) groups is 1. The standard InChI is InChI=1S/C31H29F6NO5S/c32-30(33,34)27(31(35,36)37)42-28(39)38-16-14-29(15-17-38)13-12-25-18-24(10-11-26(25)43-29)23-8-6-22(7-9-23)20-44(40,41)19-21-4-2-1-3-5-21/h1-11,18,27H,12-17,19-20H2. The van der Waals surface area contributed by atoms with Crippen molar-refractivity contribution < 1.29 is 49.0 Å². The molecule has 0 aliphatic carbocycles. The molecule has 0 radical (unpaired) electrons. The van der Waals surface area contributed by atoms with Crippen LogP contribution in [0, 0.1) is 0 Å². The van der Waals surface area contributed by atoms with E-state index in [9.17, 15) is 39.6 Å². The van der Waals surface area contributed by atoms with Crippen LogP contribution in [0.1, 0.15) is 36.0 Å². The molecule has 0 atom stereocenters. The van der Waals surface area contributed by atoms with E-state index in [-0.39, 0.29) is 37.4 Å². The molecule has 0 saturated carbocycles. The number of aryl methyl sites for hydroxylation is 1. The van der Waals surface area contributed by atoms with Crippen LogP contribution in [0.2, 0.25) is 0 Å². The minimum absolute atomic E-state index is 0.0411. The molecule has 3 aromatic rings. The van der Waals surface area contributed by atoms with E-state index in [1.165, 1.54) is 0 Å². The van der Waals surface area contributed by atoms with Gasteiger partial charge < -0.3 is 14.4 Å². The Hall–Kier alpha value is -3.74. The first-order valence-corrected chi connectivity index (χ1v) is 15.7. The maximum absolute atomic E-state index is 12.8.